The molecule has 1 aromatic carbocycles. The maximum atomic E-state index is 12.4. The van der Waals surface area contributed by atoms with Gasteiger partial charge in [0, 0.05) is 32.1 Å². The third kappa shape index (κ3) is 3.18. The molecule has 2 aromatic rings. The number of likely N-dealkylation sites (tertiary alicyclic amines) is 1. The lowest BCUT2D eigenvalue weighted by atomic mass is 9.83. The van der Waals surface area contributed by atoms with Crippen molar-refractivity contribution in [2.45, 2.75) is 39.2 Å². The molecule has 1 aromatic heterocycles. The number of amides is 1. The van der Waals surface area contributed by atoms with Crippen molar-refractivity contribution < 1.29 is 4.79 Å². The highest BCUT2D eigenvalue weighted by molar-refractivity contribution is 5.77. The molecule has 26 heavy (non-hydrogen) atoms. The third-order valence-electron chi connectivity index (χ3n) is 5.44. The highest BCUT2D eigenvalue weighted by Gasteiger charge is 2.40. The van der Waals surface area contributed by atoms with Gasteiger partial charge in [-0.1, -0.05) is 37.1 Å². The van der Waals surface area contributed by atoms with Gasteiger partial charge in [-0.15, -0.1) is 0 Å². The van der Waals surface area contributed by atoms with Crippen LogP contribution in [-0.2, 0) is 4.79 Å². The summed E-state index contributed by atoms with van der Waals surface area (Å²) in [5, 5.41) is 12.4. The molecule has 2 aliphatic heterocycles. The lowest BCUT2D eigenvalue weighted by molar-refractivity contribution is -0.140. The number of piperidine rings is 2. The summed E-state index contributed by atoms with van der Waals surface area (Å²) in [6.45, 7) is 7.00. The van der Waals surface area contributed by atoms with E-state index < -0.39 is 0 Å². The normalized spacial score (nSPS) is 23.4. The number of hydrogen-bond acceptors (Lipinski definition) is 5. The Morgan fingerprint density at radius 2 is 2.00 bits per heavy atom. The number of tetrazole rings is 1. The van der Waals surface area contributed by atoms with Gasteiger partial charge in [0.15, 0.2) is 0 Å². The Kier molecular flexibility index (Phi) is 4.61. The first kappa shape index (κ1) is 17.0. The van der Waals surface area contributed by atoms with Gasteiger partial charge in [0.05, 0.1) is 5.69 Å². The van der Waals surface area contributed by atoms with Crippen molar-refractivity contribution in [3.63, 3.8) is 0 Å². The molecule has 0 bridgehead atoms. The van der Waals surface area contributed by atoms with Crippen LogP contribution in [0, 0.1) is 11.8 Å². The highest BCUT2D eigenvalue weighted by atomic mass is 16.2. The van der Waals surface area contributed by atoms with Crippen LogP contribution >= 0.6 is 0 Å². The number of nitrogens with zero attached hydrogens (tertiary/aromatic N) is 6. The zero-order chi connectivity index (χ0) is 18.1. The molecule has 7 nitrogen and oxygen atoms in total. The Morgan fingerprint density at radius 1 is 1.19 bits per heavy atom. The molecular weight excluding hydrogens is 328 g/mol. The van der Waals surface area contributed by atoms with Gasteiger partial charge < -0.3 is 9.80 Å². The molecular formula is C19H26N6O. The van der Waals surface area contributed by atoms with E-state index in [9.17, 15) is 4.79 Å². The molecule has 0 saturated carbocycles. The molecule has 2 saturated heterocycles. The van der Waals surface area contributed by atoms with Gasteiger partial charge in [-0.2, -0.15) is 4.68 Å². The first-order valence-corrected chi connectivity index (χ1v) is 9.51. The predicted molar refractivity (Wildman–Crippen MR) is 99.0 cm³/mol. The SMILES string of the molecule is CC(C)CN1C(=O)CC[C@H]2CN(c3nnnn3-c3ccccc3)CC[C@H]21. The number of fused-ring (bicyclic) bond motifs is 1. The summed E-state index contributed by atoms with van der Waals surface area (Å²) in [4.78, 5) is 16.8. The summed E-state index contributed by atoms with van der Waals surface area (Å²) in [7, 11) is 0. The van der Waals surface area contributed by atoms with E-state index in [1.54, 1.807) is 4.68 Å². The Labute approximate surface area is 154 Å². The van der Waals surface area contributed by atoms with Crippen molar-refractivity contribution in [2.24, 2.45) is 11.8 Å². The minimum absolute atomic E-state index is 0.322. The molecule has 4 rings (SSSR count). The highest BCUT2D eigenvalue weighted by Crippen LogP contribution is 2.33. The lowest BCUT2D eigenvalue weighted by Crippen LogP contribution is -2.57. The first-order chi connectivity index (χ1) is 12.6. The van der Waals surface area contributed by atoms with E-state index in [1.807, 2.05) is 30.3 Å². The molecule has 2 aliphatic rings. The molecule has 0 aliphatic carbocycles. The maximum absolute atomic E-state index is 12.4. The average Bonchev–Trinajstić information content (AvgIpc) is 3.14. The van der Waals surface area contributed by atoms with E-state index >= 15 is 0 Å². The second-order valence-corrected chi connectivity index (χ2v) is 7.77. The molecule has 1 amide bonds. The second kappa shape index (κ2) is 7.05. The fraction of sp³-hybridized carbons (Fsp3) is 0.579. The number of rotatable bonds is 4. The summed E-state index contributed by atoms with van der Waals surface area (Å²) >= 11 is 0. The van der Waals surface area contributed by atoms with Gasteiger partial charge in [-0.3, -0.25) is 4.79 Å². The third-order valence-corrected chi connectivity index (χ3v) is 5.44. The second-order valence-electron chi connectivity index (χ2n) is 7.77. The van der Waals surface area contributed by atoms with E-state index in [-0.39, 0.29) is 0 Å². The van der Waals surface area contributed by atoms with Gasteiger partial charge >= 0.3 is 0 Å². The molecule has 2 atom stereocenters. The van der Waals surface area contributed by atoms with Crippen molar-refractivity contribution in [3.8, 4) is 5.69 Å². The number of anilines is 1. The van der Waals surface area contributed by atoms with Crippen LogP contribution in [0.5, 0.6) is 0 Å². The molecule has 138 valence electrons. The van der Waals surface area contributed by atoms with Crippen molar-refractivity contribution in [3.05, 3.63) is 30.3 Å². The molecule has 2 fully saturated rings. The Morgan fingerprint density at radius 3 is 2.77 bits per heavy atom. The zero-order valence-corrected chi connectivity index (χ0v) is 15.5. The number of hydrogen-bond donors (Lipinski definition) is 0. The van der Waals surface area contributed by atoms with Crippen molar-refractivity contribution in [1.82, 2.24) is 25.1 Å². The van der Waals surface area contributed by atoms with E-state index in [0.717, 1.165) is 44.1 Å². The van der Waals surface area contributed by atoms with Crippen molar-refractivity contribution in [1.29, 1.82) is 0 Å². The minimum atomic E-state index is 0.322. The van der Waals surface area contributed by atoms with E-state index in [4.69, 9.17) is 0 Å². The molecule has 0 radical (unpaired) electrons. The monoisotopic (exact) mass is 354 g/mol. The summed E-state index contributed by atoms with van der Waals surface area (Å²) in [6, 6.07) is 10.3. The van der Waals surface area contributed by atoms with Gasteiger partial charge in [-0.05, 0) is 47.2 Å². The fourth-order valence-corrected chi connectivity index (χ4v) is 4.28. The minimum Gasteiger partial charge on any atom is -0.339 e. The predicted octanol–water partition coefficient (Wildman–Crippen LogP) is 2.14. The lowest BCUT2D eigenvalue weighted by Gasteiger charge is -2.47. The van der Waals surface area contributed by atoms with Crippen LogP contribution in [0.1, 0.15) is 33.1 Å². The molecule has 3 heterocycles. The molecule has 0 unspecified atom stereocenters. The number of benzene rings is 1. The Bertz CT molecular complexity index is 758. The van der Waals surface area contributed by atoms with E-state index in [2.05, 4.69) is 39.2 Å². The zero-order valence-electron chi connectivity index (χ0n) is 15.5. The van der Waals surface area contributed by atoms with Crippen LogP contribution in [0.4, 0.5) is 5.95 Å². The van der Waals surface area contributed by atoms with E-state index in [0.29, 0.717) is 30.2 Å². The largest absolute Gasteiger partial charge is 0.339 e. The number of carbonyl (C=O) groups excluding carboxylic acids is 1. The average molecular weight is 354 g/mol. The quantitative estimate of drug-likeness (QED) is 0.841. The number of aromatic nitrogens is 4. The molecule has 7 heteroatoms. The summed E-state index contributed by atoms with van der Waals surface area (Å²) in [5.74, 6) is 2.10. The van der Waals surface area contributed by atoms with Crippen LogP contribution in [0.15, 0.2) is 30.3 Å². The van der Waals surface area contributed by atoms with Crippen LogP contribution in [0.3, 0.4) is 0 Å². The van der Waals surface area contributed by atoms with E-state index in [1.165, 1.54) is 0 Å². The van der Waals surface area contributed by atoms with Crippen LogP contribution in [0.25, 0.3) is 5.69 Å². The van der Waals surface area contributed by atoms with Gasteiger partial charge in [0.1, 0.15) is 0 Å². The van der Waals surface area contributed by atoms with Gasteiger partial charge in [-0.25, -0.2) is 0 Å². The topological polar surface area (TPSA) is 67.2 Å². The molecule has 0 spiro atoms. The molecule has 0 N–H and O–H groups in total. The summed E-state index contributed by atoms with van der Waals surface area (Å²) in [6.07, 6.45) is 2.59. The summed E-state index contributed by atoms with van der Waals surface area (Å²) in [5.41, 5.74) is 0.967. The van der Waals surface area contributed by atoms with Gasteiger partial charge in [0.2, 0.25) is 11.9 Å². The first-order valence-electron chi connectivity index (χ1n) is 9.51. The van der Waals surface area contributed by atoms with Crippen LogP contribution in [0.2, 0.25) is 0 Å². The van der Waals surface area contributed by atoms with Crippen molar-refractivity contribution >= 4 is 11.9 Å². The standard InChI is InChI=1S/C19H26N6O/c1-14(2)12-24-17-10-11-23(13-15(17)8-9-18(24)26)19-20-21-22-25(19)16-6-4-3-5-7-16/h3-7,14-15,17H,8-13H2,1-2H3/t15-,17+/m0/s1. The van der Waals surface area contributed by atoms with Crippen LogP contribution in [-0.4, -0.2) is 56.7 Å². The van der Waals surface area contributed by atoms with Crippen molar-refractivity contribution in [2.75, 3.05) is 24.5 Å². The Balaban J connectivity index is 1.53. The summed E-state index contributed by atoms with van der Waals surface area (Å²) < 4.78 is 1.81. The number of carbonyl (C=O) groups is 1. The maximum Gasteiger partial charge on any atom is 0.250 e. The van der Waals surface area contributed by atoms with Crippen LogP contribution < -0.4 is 4.90 Å². The smallest absolute Gasteiger partial charge is 0.250 e. The van der Waals surface area contributed by atoms with Gasteiger partial charge in [0.25, 0.3) is 0 Å². The number of para-hydroxylation sites is 1. The fourth-order valence-electron chi connectivity index (χ4n) is 4.28. The Hall–Kier alpha value is -2.44.